The van der Waals surface area contributed by atoms with E-state index in [9.17, 15) is 8.42 Å². The number of fused-ring (bicyclic) bond motifs is 1. The zero-order valence-corrected chi connectivity index (χ0v) is 20.2. The van der Waals surface area contributed by atoms with Crippen LogP contribution in [-0.4, -0.2) is 41.6 Å². The first kappa shape index (κ1) is 22.7. The first-order valence-corrected chi connectivity index (χ1v) is 12.4. The van der Waals surface area contributed by atoms with Gasteiger partial charge in [-0.25, -0.2) is 13.1 Å². The molecule has 0 saturated heterocycles. The van der Waals surface area contributed by atoms with Crippen LogP contribution in [0.15, 0.2) is 59.5 Å². The van der Waals surface area contributed by atoms with Crippen LogP contribution in [0, 0.1) is 20.8 Å². The molecular weight excluding hydrogens is 470 g/mol. The lowest BCUT2D eigenvalue weighted by atomic mass is 10.2. The Balaban J connectivity index is 1.26. The van der Waals surface area contributed by atoms with Crippen molar-refractivity contribution >= 4 is 15.7 Å². The van der Waals surface area contributed by atoms with Crippen molar-refractivity contribution in [2.45, 2.75) is 25.7 Å². The number of nitrogens with zero attached hydrogens (tertiary/aromatic N) is 4. The number of sulfonamides is 1. The van der Waals surface area contributed by atoms with Gasteiger partial charge in [0, 0.05) is 23.5 Å². The third-order valence-corrected chi connectivity index (χ3v) is 7.03. The molecule has 0 unspecified atom stereocenters. The number of anilines is 1. The van der Waals surface area contributed by atoms with Crippen LogP contribution in [0.5, 0.6) is 23.1 Å². The molecule has 0 fully saturated rings. The number of aryl methyl sites for hydroxylation is 1. The van der Waals surface area contributed by atoms with Gasteiger partial charge in [-0.2, -0.15) is 5.10 Å². The highest BCUT2D eigenvalue weighted by Gasteiger charge is 2.19. The maximum atomic E-state index is 12.8. The summed E-state index contributed by atoms with van der Waals surface area (Å²) in [6.07, 6.45) is 0. The molecule has 4 aromatic rings. The molecule has 10 nitrogen and oxygen atoms in total. The van der Waals surface area contributed by atoms with E-state index < -0.39 is 10.0 Å². The van der Waals surface area contributed by atoms with E-state index >= 15 is 0 Å². The van der Waals surface area contributed by atoms with Crippen molar-refractivity contribution < 1.29 is 22.6 Å². The lowest BCUT2D eigenvalue weighted by Gasteiger charge is -2.19. The molecular formula is C24H23N5O5S. The molecule has 35 heavy (non-hydrogen) atoms. The van der Waals surface area contributed by atoms with Crippen LogP contribution in [0.1, 0.15) is 17.0 Å². The molecule has 0 aliphatic carbocycles. The quantitative estimate of drug-likeness (QED) is 0.429. The van der Waals surface area contributed by atoms with Crippen LogP contribution in [-0.2, 0) is 10.0 Å². The second kappa shape index (κ2) is 8.91. The predicted molar refractivity (Wildman–Crippen MR) is 128 cm³/mol. The SMILES string of the molecule is Cc1nn(-c2ccc(Oc3ccc(NS(=O)(=O)c4ccc5c(c4)OCCO5)cc3)nn2)c(C)c1C. The van der Waals surface area contributed by atoms with Gasteiger partial charge in [0.25, 0.3) is 10.0 Å². The first-order chi connectivity index (χ1) is 16.8. The Kier molecular flexibility index (Phi) is 5.77. The van der Waals surface area contributed by atoms with Crippen molar-refractivity contribution in [1.82, 2.24) is 20.0 Å². The minimum Gasteiger partial charge on any atom is -0.486 e. The van der Waals surface area contributed by atoms with Crippen LogP contribution >= 0.6 is 0 Å². The average Bonchev–Trinajstić information content (AvgIpc) is 3.12. The van der Waals surface area contributed by atoms with Gasteiger partial charge in [-0.1, -0.05) is 0 Å². The summed E-state index contributed by atoms with van der Waals surface area (Å²) in [5, 5.41) is 12.8. The lowest BCUT2D eigenvalue weighted by Crippen LogP contribution is -2.17. The Morgan fingerprint density at radius 3 is 2.31 bits per heavy atom. The highest BCUT2D eigenvalue weighted by Crippen LogP contribution is 2.33. The molecule has 1 N–H and O–H groups in total. The van der Waals surface area contributed by atoms with Crippen molar-refractivity contribution in [1.29, 1.82) is 0 Å². The Morgan fingerprint density at radius 2 is 1.66 bits per heavy atom. The number of hydrogen-bond donors (Lipinski definition) is 1. The fraction of sp³-hybridized carbons (Fsp3) is 0.208. The van der Waals surface area contributed by atoms with Crippen LogP contribution in [0.3, 0.4) is 0 Å². The molecule has 2 aromatic heterocycles. The summed E-state index contributed by atoms with van der Waals surface area (Å²) >= 11 is 0. The second-order valence-electron chi connectivity index (χ2n) is 7.97. The van der Waals surface area contributed by atoms with Crippen molar-refractivity contribution in [3.63, 3.8) is 0 Å². The van der Waals surface area contributed by atoms with E-state index in [1.165, 1.54) is 12.1 Å². The number of hydrogen-bond acceptors (Lipinski definition) is 8. The zero-order chi connectivity index (χ0) is 24.6. The molecule has 180 valence electrons. The molecule has 0 bridgehead atoms. The number of nitrogens with one attached hydrogen (secondary N) is 1. The Morgan fingerprint density at radius 1 is 0.914 bits per heavy atom. The van der Waals surface area contributed by atoms with Gasteiger partial charge in [0.15, 0.2) is 17.3 Å². The standard InChI is InChI=1S/C24H23N5O5S/c1-15-16(2)27-29(17(15)3)23-10-11-24(26-25-23)34-19-6-4-18(5-7-19)28-35(30,31)20-8-9-21-22(14-20)33-13-12-32-21/h4-11,14,28H,12-13H2,1-3H3. The van der Waals surface area contributed by atoms with Crippen molar-refractivity contribution in [2.75, 3.05) is 17.9 Å². The van der Waals surface area contributed by atoms with Gasteiger partial charge in [-0.3, -0.25) is 4.72 Å². The fourth-order valence-electron chi connectivity index (χ4n) is 3.54. The Labute approximate surface area is 202 Å². The third-order valence-electron chi connectivity index (χ3n) is 5.65. The minimum atomic E-state index is -3.81. The van der Waals surface area contributed by atoms with Gasteiger partial charge in [0.05, 0.1) is 10.6 Å². The van der Waals surface area contributed by atoms with Crippen LogP contribution in [0.4, 0.5) is 5.69 Å². The fourth-order valence-corrected chi connectivity index (χ4v) is 4.61. The molecule has 0 amide bonds. The van der Waals surface area contributed by atoms with E-state index in [-0.39, 0.29) is 4.90 Å². The lowest BCUT2D eigenvalue weighted by molar-refractivity contribution is 0.171. The highest BCUT2D eigenvalue weighted by atomic mass is 32.2. The average molecular weight is 494 g/mol. The summed E-state index contributed by atoms with van der Waals surface area (Å²) < 4.78 is 46.6. The van der Waals surface area contributed by atoms with E-state index in [1.54, 1.807) is 47.1 Å². The molecule has 5 rings (SSSR count). The van der Waals surface area contributed by atoms with Gasteiger partial charge in [-0.05, 0) is 68.8 Å². The molecule has 2 aromatic carbocycles. The summed E-state index contributed by atoms with van der Waals surface area (Å²) in [6.45, 7) is 6.75. The minimum absolute atomic E-state index is 0.0789. The molecule has 3 heterocycles. The van der Waals surface area contributed by atoms with Crippen molar-refractivity contribution in [2.24, 2.45) is 0 Å². The van der Waals surface area contributed by atoms with Crippen molar-refractivity contribution in [3.8, 4) is 28.9 Å². The monoisotopic (exact) mass is 493 g/mol. The molecule has 1 aliphatic rings. The summed E-state index contributed by atoms with van der Waals surface area (Å²) in [5.41, 5.74) is 3.43. The number of ether oxygens (including phenoxy) is 3. The second-order valence-corrected chi connectivity index (χ2v) is 9.66. The normalized spacial score (nSPS) is 12.9. The van der Waals surface area contributed by atoms with Gasteiger partial charge < -0.3 is 14.2 Å². The first-order valence-electron chi connectivity index (χ1n) is 10.9. The molecule has 0 radical (unpaired) electrons. The highest BCUT2D eigenvalue weighted by molar-refractivity contribution is 7.92. The maximum absolute atomic E-state index is 12.8. The number of rotatable bonds is 6. The maximum Gasteiger partial charge on any atom is 0.262 e. The van der Waals surface area contributed by atoms with Gasteiger partial charge in [0.2, 0.25) is 5.88 Å². The van der Waals surface area contributed by atoms with Crippen LogP contribution in [0.25, 0.3) is 5.82 Å². The topological polar surface area (TPSA) is 117 Å². The van der Waals surface area contributed by atoms with E-state index in [0.717, 1.165) is 17.0 Å². The molecule has 1 aliphatic heterocycles. The molecule has 0 atom stereocenters. The summed E-state index contributed by atoms with van der Waals surface area (Å²) in [7, 11) is -3.81. The smallest absolute Gasteiger partial charge is 0.262 e. The largest absolute Gasteiger partial charge is 0.486 e. The van der Waals surface area contributed by atoms with E-state index in [2.05, 4.69) is 20.0 Å². The molecule has 0 spiro atoms. The van der Waals surface area contributed by atoms with Gasteiger partial charge in [-0.15, -0.1) is 10.2 Å². The van der Waals surface area contributed by atoms with E-state index in [4.69, 9.17) is 14.2 Å². The van der Waals surface area contributed by atoms with Gasteiger partial charge >= 0.3 is 0 Å². The van der Waals surface area contributed by atoms with Crippen molar-refractivity contribution in [3.05, 3.63) is 71.5 Å². The summed E-state index contributed by atoms with van der Waals surface area (Å²) in [4.78, 5) is 0.0789. The van der Waals surface area contributed by atoms with E-state index in [0.29, 0.717) is 47.8 Å². The summed E-state index contributed by atoms with van der Waals surface area (Å²) in [6, 6.07) is 14.5. The Hall–Kier alpha value is -4.12. The zero-order valence-electron chi connectivity index (χ0n) is 19.3. The number of aromatic nitrogens is 4. The molecule has 0 saturated carbocycles. The predicted octanol–water partition coefficient (Wildman–Crippen LogP) is 3.95. The molecule has 11 heteroatoms. The Bertz CT molecular complexity index is 1480. The van der Waals surface area contributed by atoms with Crippen LogP contribution < -0.4 is 18.9 Å². The third kappa shape index (κ3) is 4.62. The van der Waals surface area contributed by atoms with Gasteiger partial charge in [0.1, 0.15) is 19.0 Å². The van der Waals surface area contributed by atoms with E-state index in [1.807, 2.05) is 20.8 Å². The number of benzene rings is 2. The summed E-state index contributed by atoms with van der Waals surface area (Å²) in [5.74, 6) is 2.31. The van der Waals surface area contributed by atoms with Crippen LogP contribution in [0.2, 0.25) is 0 Å².